The molecule has 0 spiro atoms. The third-order valence-electron chi connectivity index (χ3n) is 3.58. The summed E-state index contributed by atoms with van der Waals surface area (Å²) in [6, 6.07) is 8.56. The van der Waals surface area contributed by atoms with Crippen molar-refractivity contribution >= 4 is 15.9 Å². The quantitative estimate of drug-likeness (QED) is 0.817. The number of benzene rings is 1. The molecule has 1 N–H and O–H groups in total. The second kappa shape index (κ2) is 7.04. The lowest BCUT2D eigenvalue weighted by Gasteiger charge is -2.09. The number of halogens is 1. The average Bonchev–Trinajstić information content (AvgIpc) is 2.72. The predicted octanol–water partition coefficient (Wildman–Crippen LogP) is 3.61. The third kappa shape index (κ3) is 3.49. The molecule has 1 heterocycles. The van der Waals surface area contributed by atoms with Crippen LogP contribution in [-0.4, -0.2) is 16.3 Å². The van der Waals surface area contributed by atoms with E-state index in [-0.39, 0.29) is 0 Å². The topological polar surface area (TPSA) is 29.9 Å². The highest BCUT2D eigenvalue weighted by molar-refractivity contribution is 9.10. The van der Waals surface area contributed by atoms with Gasteiger partial charge in [-0.1, -0.05) is 24.3 Å². The molecule has 3 nitrogen and oxygen atoms in total. The fourth-order valence-corrected chi connectivity index (χ4v) is 2.78. The van der Waals surface area contributed by atoms with Crippen LogP contribution in [0.1, 0.15) is 29.4 Å². The molecule has 4 heteroatoms. The summed E-state index contributed by atoms with van der Waals surface area (Å²) in [5, 5.41) is 8.02. The first-order valence-corrected chi connectivity index (χ1v) is 7.89. The van der Waals surface area contributed by atoms with Gasteiger partial charge in [-0.25, -0.2) is 0 Å². The molecule has 108 valence electrons. The molecule has 1 aromatic carbocycles. The number of rotatable bonds is 6. The van der Waals surface area contributed by atoms with E-state index in [9.17, 15) is 0 Å². The van der Waals surface area contributed by atoms with Gasteiger partial charge in [-0.15, -0.1) is 0 Å². The number of aryl methyl sites for hydroxylation is 3. The van der Waals surface area contributed by atoms with Crippen molar-refractivity contribution in [2.75, 3.05) is 6.54 Å². The van der Waals surface area contributed by atoms with Gasteiger partial charge in [0.1, 0.15) is 0 Å². The summed E-state index contributed by atoms with van der Waals surface area (Å²) in [6.45, 7) is 9.05. The molecule has 0 fully saturated rings. The van der Waals surface area contributed by atoms with Crippen LogP contribution < -0.4 is 5.32 Å². The Hall–Kier alpha value is -1.13. The number of hydrogen-bond donors (Lipinski definition) is 1. The summed E-state index contributed by atoms with van der Waals surface area (Å²) in [4.78, 5) is 0. The maximum Gasteiger partial charge on any atom is 0.0739 e. The van der Waals surface area contributed by atoms with Gasteiger partial charge in [0.2, 0.25) is 0 Å². The third-order valence-corrected chi connectivity index (χ3v) is 4.61. The van der Waals surface area contributed by atoms with E-state index < -0.39 is 0 Å². The lowest BCUT2D eigenvalue weighted by Crippen LogP contribution is -2.19. The normalized spacial score (nSPS) is 11.0. The SMILES string of the molecule is CCn1nc(C)c(Br)c1CNCCc1ccccc1C. The van der Waals surface area contributed by atoms with E-state index >= 15 is 0 Å². The zero-order valence-electron chi connectivity index (χ0n) is 12.4. The molecular formula is C16H22BrN3. The van der Waals surface area contributed by atoms with Gasteiger partial charge >= 0.3 is 0 Å². The smallest absolute Gasteiger partial charge is 0.0739 e. The van der Waals surface area contributed by atoms with Crippen molar-refractivity contribution in [2.45, 2.75) is 40.3 Å². The van der Waals surface area contributed by atoms with Gasteiger partial charge in [-0.05, 0) is 60.8 Å². The van der Waals surface area contributed by atoms with Gasteiger partial charge in [0, 0.05) is 13.1 Å². The van der Waals surface area contributed by atoms with Crippen molar-refractivity contribution in [1.82, 2.24) is 15.1 Å². The van der Waals surface area contributed by atoms with Crippen LogP contribution in [-0.2, 0) is 19.5 Å². The van der Waals surface area contributed by atoms with E-state index in [1.54, 1.807) is 0 Å². The lowest BCUT2D eigenvalue weighted by atomic mass is 10.1. The minimum Gasteiger partial charge on any atom is -0.311 e. The van der Waals surface area contributed by atoms with Crippen molar-refractivity contribution in [3.05, 3.63) is 51.3 Å². The Labute approximate surface area is 129 Å². The van der Waals surface area contributed by atoms with Gasteiger partial charge in [-0.3, -0.25) is 4.68 Å². The summed E-state index contributed by atoms with van der Waals surface area (Å²) in [5.41, 5.74) is 5.07. The molecule has 0 amide bonds. The van der Waals surface area contributed by atoms with Crippen molar-refractivity contribution in [3.8, 4) is 0 Å². The number of nitrogens with zero attached hydrogens (tertiary/aromatic N) is 2. The van der Waals surface area contributed by atoms with Crippen LogP contribution in [0.5, 0.6) is 0 Å². The standard InChI is InChI=1S/C16H22BrN3/c1-4-20-15(16(17)13(3)19-20)11-18-10-9-14-8-6-5-7-12(14)2/h5-8,18H,4,9-11H2,1-3H3. The molecule has 0 aliphatic rings. The highest BCUT2D eigenvalue weighted by Gasteiger charge is 2.11. The highest BCUT2D eigenvalue weighted by atomic mass is 79.9. The predicted molar refractivity (Wildman–Crippen MR) is 86.9 cm³/mol. The molecule has 1 aromatic heterocycles. The molecule has 2 aromatic rings. The Balaban J connectivity index is 1.89. The average molecular weight is 336 g/mol. The summed E-state index contributed by atoms with van der Waals surface area (Å²) in [7, 11) is 0. The lowest BCUT2D eigenvalue weighted by molar-refractivity contribution is 0.578. The van der Waals surface area contributed by atoms with E-state index in [0.717, 1.165) is 36.2 Å². The molecule has 0 atom stereocenters. The molecule has 0 radical (unpaired) electrons. The molecule has 2 rings (SSSR count). The first-order chi connectivity index (χ1) is 9.63. The van der Waals surface area contributed by atoms with E-state index in [2.05, 4.69) is 69.1 Å². The molecule has 0 bridgehead atoms. The Morgan fingerprint density at radius 3 is 2.70 bits per heavy atom. The fraction of sp³-hybridized carbons (Fsp3) is 0.438. The largest absolute Gasteiger partial charge is 0.311 e. The van der Waals surface area contributed by atoms with Crippen molar-refractivity contribution in [2.24, 2.45) is 0 Å². The first kappa shape index (κ1) is 15.3. The minimum atomic E-state index is 0.848. The van der Waals surface area contributed by atoms with E-state index in [4.69, 9.17) is 0 Å². The van der Waals surface area contributed by atoms with Crippen LogP contribution in [0, 0.1) is 13.8 Å². The maximum absolute atomic E-state index is 4.51. The molecule has 0 saturated heterocycles. The Morgan fingerprint density at radius 2 is 2.00 bits per heavy atom. The van der Waals surface area contributed by atoms with Crippen molar-refractivity contribution in [1.29, 1.82) is 0 Å². The molecule has 0 aliphatic heterocycles. The second-order valence-corrected chi connectivity index (χ2v) is 5.81. The van der Waals surface area contributed by atoms with Gasteiger partial charge < -0.3 is 5.32 Å². The minimum absolute atomic E-state index is 0.848. The Kier molecular flexibility index (Phi) is 5.38. The second-order valence-electron chi connectivity index (χ2n) is 5.02. The molecule has 20 heavy (non-hydrogen) atoms. The summed E-state index contributed by atoms with van der Waals surface area (Å²) in [6.07, 6.45) is 1.06. The Bertz CT molecular complexity index is 575. The zero-order valence-corrected chi connectivity index (χ0v) is 14.0. The highest BCUT2D eigenvalue weighted by Crippen LogP contribution is 2.20. The monoisotopic (exact) mass is 335 g/mol. The summed E-state index contributed by atoms with van der Waals surface area (Å²) < 4.78 is 3.18. The summed E-state index contributed by atoms with van der Waals surface area (Å²) >= 11 is 3.63. The molecule has 0 aliphatic carbocycles. The number of hydrogen-bond acceptors (Lipinski definition) is 2. The van der Waals surface area contributed by atoms with Crippen LogP contribution in [0.2, 0.25) is 0 Å². The maximum atomic E-state index is 4.51. The van der Waals surface area contributed by atoms with Crippen LogP contribution in [0.4, 0.5) is 0 Å². The number of aromatic nitrogens is 2. The van der Waals surface area contributed by atoms with Gasteiger partial charge in [0.25, 0.3) is 0 Å². The van der Waals surface area contributed by atoms with Gasteiger partial charge in [0.05, 0.1) is 15.9 Å². The van der Waals surface area contributed by atoms with Crippen LogP contribution >= 0.6 is 15.9 Å². The Morgan fingerprint density at radius 1 is 1.25 bits per heavy atom. The van der Waals surface area contributed by atoms with Crippen LogP contribution in [0.25, 0.3) is 0 Å². The molecular weight excluding hydrogens is 314 g/mol. The van der Waals surface area contributed by atoms with Gasteiger partial charge in [-0.2, -0.15) is 5.10 Å². The fourth-order valence-electron chi connectivity index (χ4n) is 2.36. The molecule has 0 saturated carbocycles. The van der Waals surface area contributed by atoms with Crippen LogP contribution in [0.3, 0.4) is 0 Å². The van der Waals surface area contributed by atoms with E-state index in [1.807, 2.05) is 6.92 Å². The molecule has 0 unspecified atom stereocenters. The van der Waals surface area contributed by atoms with E-state index in [0.29, 0.717) is 0 Å². The number of nitrogens with one attached hydrogen (secondary N) is 1. The van der Waals surface area contributed by atoms with E-state index in [1.165, 1.54) is 16.8 Å². The summed E-state index contributed by atoms with van der Waals surface area (Å²) in [5.74, 6) is 0. The van der Waals surface area contributed by atoms with Crippen LogP contribution in [0.15, 0.2) is 28.7 Å². The van der Waals surface area contributed by atoms with Crippen molar-refractivity contribution < 1.29 is 0 Å². The first-order valence-electron chi connectivity index (χ1n) is 7.10. The van der Waals surface area contributed by atoms with Gasteiger partial charge in [0.15, 0.2) is 0 Å². The van der Waals surface area contributed by atoms with Crippen molar-refractivity contribution in [3.63, 3.8) is 0 Å². The zero-order chi connectivity index (χ0) is 14.5.